The zero-order valence-electron chi connectivity index (χ0n) is 6.95. The molecule has 1 aromatic heterocycles. The Morgan fingerprint density at radius 1 is 1.77 bits per heavy atom. The Labute approximate surface area is 85.1 Å². The van der Waals surface area contributed by atoms with Gasteiger partial charge in [0.05, 0.1) is 10.8 Å². The lowest BCUT2D eigenvalue weighted by Crippen LogP contribution is -2.22. The van der Waals surface area contributed by atoms with Gasteiger partial charge in [-0.3, -0.25) is 9.69 Å². The molecule has 1 heterocycles. The third-order valence-electron chi connectivity index (χ3n) is 1.48. The van der Waals surface area contributed by atoms with Gasteiger partial charge in [-0.2, -0.15) is 5.26 Å². The van der Waals surface area contributed by atoms with Crippen molar-refractivity contribution >= 4 is 28.8 Å². The first-order valence-electron chi connectivity index (χ1n) is 3.54. The number of carbonyl (C=O) groups excluding carboxylic acids is 1. The highest BCUT2D eigenvalue weighted by molar-refractivity contribution is 7.16. The predicted molar refractivity (Wildman–Crippen MR) is 51.4 cm³/mol. The monoisotopic (exact) mass is 214 g/mol. The molecule has 0 spiro atoms. The second kappa shape index (κ2) is 4.26. The summed E-state index contributed by atoms with van der Waals surface area (Å²) < 4.78 is 0.655. The molecule has 1 rings (SSSR count). The molecule has 1 aromatic rings. The molecule has 0 aliphatic carbocycles. The fraction of sp³-hybridized carbons (Fsp3) is 0.250. The van der Waals surface area contributed by atoms with Crippen LogP contribution in [0.15, 0.2) is 12.1 Å². The van der Waals surface area contributed by atoms with Gasteiger partial charge < -0.3 is 0 Å². The summed E-state index contributed by atoms with van der Waals surface area (Å²) in [5.74, 6) is -0.221. The molecule has 0 saturated heterocycles. The van der Waals surface area contributed by atoms with E-state index in [1.54, 1.807) is 18.3 Å². The fourth-order valence-electron chi connectivity index (χ4n) is 0.770. The van der Waals surface area contributed by atoms with Gasteiger partial charge >= 0.3 is 0 Å². The number of thiophene rings is 1. The Kier molecular flexibility index (Phi) is 3.29. The summed E-state index contributed by atoms with van der Waals surface area (Å²) in [5, 5.41) is 8.42. The minimum Gasteiger partial charge on any atom is -0.273 e. The maximum absolute atomic E-state index is 11.2. The van der Waals surface area contributed by atoms with Gasteiger partial charge in [0, 0.05) is 11.9 Å². The lowest BCUT2D eigenvalue weighted by Gasteiger charge is -2.04. The molecule has 0 radical (unpaired) electrons. The van der Waals surface area contributed by atoms with Gasteiger partial charge in [-0.25, -0.2) is 0 Å². The minimum atomic E-state index is -0.221. The van der Waals surface area contributed by atoms with Gasteiger partial charge in [-0.15, -0.1) is 11.3 Å². The number of nitrogens with zero attached hydrogens (tertiary/aromatic N) is 2. The van der Waals surface area contributed by atoms with Gasteiger partial charge in [0.2, 0.25) is 5.91 Å². The summed E-state index contributed by atoms with van der Waals surface area (Å²) in [6.07, 6.45) is 1.98. The smallest absolute Gasteiger partial charge is 0.240 e. The van der Waals surface area contributed by atoms with Crippen molar-refractivity contribution in [1.82, 2.24) is 4.90 Å². The lowest BCUT2D eigenvalue weighted by molar-refractivity contribution is -0.126. The quantitative estimate of drug-likeness (QED) is 0.558. The van der Waals surface area contributed by atoms with E-state index in [2.05, 4.69) is 0 Å². The van der Waals surface area contributed by atoms with Crippen LogP contribution in [0.25, 0.3) is 0 Å². The first-order chi connectivity index (χ1) is 6.13. The molecule has 0 fully saturated rings. The second-order valence-corrected chi connectivity index (χ2v) is 4.23. The van der Waals surface area contributed by atoms with E-state index in [1.807, 2.05) is 0 Å². The van der Waals surface area contributed by atoms with Crippen LogP contribution in [-0.4, -0.2) is 17.9 Å². The van der Waals surface area contributed by atoms with Crippen molar-refractivity contribution in [3.63, 3.8) is 0 Å². The maximum atomic E-state index is 11.2. The number of likely N-dealkylation sites (N-methyl/N-ethyl adjacent to an activating group) is 1. The number of carbonyl (C=O) groups is 1. The molecule has 13 heavy (non-hydrogen) atoms. The molecule has 3 nitrogen and oxygen atoms in total. The highest BCUT2D eigenvalue weighted by Gasteiger charge is 2.09. The van der Waals surface area contributed by atoms with Crippen LogP contribution in [0.3, 0.4) is 0 Å². The maximum Gasteiger partial charge on any atom is 0.240 e. The summed E-state index contributed by atoms with van der Waals surface area (Å²) in [7, 11) is 1.44. The van der Waals surface area contributed by atoms with E-state index in [0.717, 1.165) is 9.78 Å². The fourth-order valence-corrected chi connectivity index (χ4v) is 1.85. The Balaban J connectivity index is 2.61. The molecule has 0 N–H and O–H groups in total. The highest BCUT2D eigenvalue weighted by Crippen LogP contribution is 2.21. The summed E-state index contributed by atoms with van der Waals surface area (Å²) in [6, 6.07) is 3.53. The first kappa shape index (κ1) is 10.0. The van der Waals surface area contributed by atoms with Crippen LogP contribution >= 0.6 is 22.9 Å². The molecule has 0 aromatic carbocycles. The van der Waals surface area contributed by atoms with Gasteiger partial charge in [0.1, 0.15) is 0 Å². The number of hydrogen-bond donors (Lipinski definition) is 0. The molecule has 0 atom stereocenters. The average molecular weight is 215 g/mol. The van der Waals surface area contributed by atoms with E-state index < -0.39 is 0 Å². The Hall–Kier alpha value is -1.05. The van der Waals surface area contributed by atoms with Crippen molar-refractivity contribution in [3.05, 3.63) is 21.3 Å². The Morgan fingerprint density at radius 2 is 2.46 bits per heavy atom. The number of amides is 1. The van der Waals surface area contributed by atoms with E-state index in [9.17, 15) is 4.79 Å². The molecule has 1 amide bonds. The van der Waals surface area contributed by atoms with Gasteiger partial charge in [-0.1, -0.05) is 11.6 Å². The van der Waals surface area contributed by atoms with Crippen LogP contribution in [0.4, 0.5) is 0 Å². The van der Waals surface area contributed by atoms with E-state index >= 15 is 0 Å². The van der Waals surface area contributed by atoms with E-state index in [0.29, 0.717) is 4.34 Å². The van der Waals surface area contributed by atoms with Crippen LogP contribution in [0.5, 0.6) is 0 Å². The van der Waals surface area contributed by atoms with Crippen LogP contribution < -0.4 is 0 Å². The minimum absolute atomic E-state index is 0.221. The molecular formula is C8H7ClN2OS. The molecular weight excluding hydrogens is 208 g/mol. The SMILES string of the molecule is CN(C#N)C(=O)Cc1ccc(Cl)s1. The van der Waals surface area contributed by atoms with Crippen LogP contribution in [0.2, 0.25) is 4.34 Å². The van der Waals surface area contributed by atoms with Crippen molar-refractivity contribution in [2.24, 2.45) is 0 Å². The number of halogens is 1. The molecule has 5 heteroatoms. The normalized spacial score (nSPS) is 9.31. The third-order valence-corrected chi connectivity index (χ3v) is 2.71. The van der Waals surface area contributed by atoms with Crippen LogP contribution in [0.1, 0.15) is 4.88 Å². The molecule has 0 aliphatic heterocycles. The molecule has 0 aliphatic rings. The van der Waals surface area contributed by atoms with Crippen LogP contribution in [-0.2, 0) is 11.2 Å². The highest BCUT2D eigenvalue weighted by atomic mass is 35.5. The molecule has 0 unspecified atom stereocenters. The van der Waals surface area contributed by atoms with Crippen LogP contribution in [0, 0.1) is 11.5 Å². The van der Waals surface area contributed by atoms with Crippen molar-refractivity contribution in [2.45, 2.75) is 6.42 Å². The zero-order valence-corrected chi connectivity index (χ0v) is 8.52. The topological polar surface area (TPSA) is 44.1 Å². The summed E-state index contributed by atoms with van der Waals surface area (Å²) in [5.41, 5.74) is 0. The van der Waals surface area contributed by atoms with Crippen molar-refractivity contribution in [3.8, 4) is 6.19 Å². The van der Waals surface area contributed by atoms with Gasteiger partial charge in [0.15, 0.2) is 6.19 Å². The number of rotatable bonds is 2. The lowest BCUT2D eigenvalue weighted by atomic mass is 10.3. The number of nitriles is 1. The molecule has 0 saturated carbocycles. The van der Waals surface area contributed by atoms with E-state index in [1.165, 1.54) is 18.4 Å². The third kappa shape index (κ3) is 2.72. The predicted octanol–water partition coefficient (Wildman–Crippen LogP) is 1.88. The van der Waals surface area contributed by atoms with Crippen molar-refractivity contribution in [2.75, 3.05) is 7.05 Å². The first-order valence-corrected chi connectivity index (χ1v) is 4.73. The second-order valence-electron chi connectivity index (χ2n) is 2.44. The average Bonchev–Trinajstić information content (AvgIpc) is 2.49. The Bertz CT molecular complexity index is 355. The van der Waals surface area contributed by atoms with E-state index in [-0.39, 0.29) is 12.3 Å². The standard InChI is InChI=1S/C8H7ClN2OS/c1-11(5-10)8(12)4-6-2-3-7(9)13-6/h2-3H,4H2,1H3. The Morgan fingerprint density at radius 3 is 2.92 bits per heavy atom. The molecule has 68 valence electrons. The summed E-state index contributed by atoms with van der Waals surface area (Å²) in [6.45, 7) is 0. The van der Waals surface area contributed by atoms with E-state index in [4.69, 9.17) is 16.9 Å². The summed E-state index contributed by atoms with van der Waals surface area (Å²) in [4.78, 5) is 13.1. The van der Waals surface area contributed by atoms with Gasteiger partial charge in [-0.05, 0) is 12.1 Å². The number of hydrogen-bond acceptors (Lipinski definition) is 3. The van der Waals surface area contributed by atoms with Gasteiger partial charge in [0.25, 0.3) is 0 Å². The van der Waals surface area contributed by atoms with Crippen molar-refractivity contribution < 1.29 is 4.79 Å². The summed E-state index contributed by atoms with van der Waals surface area (Å²) >= 11 is 7.04. The zero-order chi connectivity index (χ0) is 9.84. The molecule has 0 bridgehead atoms. The largest absolute Gasteiger partial charge is 0.273 e. The van der Waals surface area contributed by atoms with Crippen molar-refractivity contribution in [1.29, 1.82) is 5.26 Å².